The predicted octanol–water partition coefficient (Wildman–Crippen LogP) is 5.52. The van der Waals surface area contributed by atoms with Gasteiger partial charge in [0.1, 0.15) is 0 Å². The van der Waals surface area contributed by atoms with Gasteiger partial charge in [-0.3, -0.25) is 4.79 Å². The second-order valence-electron chi connectivity index (χ2n) is 6.79. The molecule has 0 atom stereocenters. The van der Waals surface area contributed by atoms with Crippen LogP contribution in [0.5, 0.6) is 0 Å². The van der Waals surface area contributed by atoms with Crippen molar-refractivity contribution in [1.29, 1.82) is 0 Å². The monoisotopic (exact) mass is 401 g/mol. The summed E-state index contributed by atoms with van der Waals surface area (Å²) in [5.41, 5.74) is 5.32. The summed E-state index contributed by atoms with van der Waals surface area (Å²) in [7, 11) is 0. The topological polar surface area (TPSA) is 53.5 Å². The zero-order valence-corrected chi connectivity index (χ0v) is 16.7. The van der Waals surface area contributed by atoms with Crippen LogP contribution in [0.2, 0.25) is 5.02 Å². The van der Waals surface area contributed by atoms with Crippen molar-refractivity contribution in [3.63, 3.8) is 0 Å². The van der Waals surface area contributed by atoms with Crippen LogP contribution in [0.15, 0.2) is 77.9 Å². The molecule has 0 aliphatic heterocycles. The van der Waals surface area contributed by atoms with Gasteiger partial charge in [0.25, 0.3) is 5.91 Å². The van der Waals surface area contributed by atoms with E-state index in [2.05, 4.69) is 46.2 Å². The average Bonchev–Trinajstić information content (AvgIpc) is 2.74. The summed E-state index contributed by atoms with van der Waals surface area (Å²) in [5.74, 6) is -0.231. The Kier molecular flexibility index (Phi) is 5.45. The number of carbonyl (C=O) groups is 1. The molecule has 0 saturated carbocycles. The Balaban J connectivity index is 1.52. The molecule has 0 radical (unpaired) electrons. The number of carbonyl (C=O) groups excluding carboxylic acids is 1. The smallest absolute Gasteiger partial charge is 0.259 e. The van der Waals surface area contributed by atoms with Crippen molar-refractivity contribution in [2.45, 2.75) is 6.92 Å². The van der Waals surface area contributed by atoms with Gasteiger partial charge < -0.3 is 5.32 Å². The molecule has 0 heterocycles. The summed E-state index contributed by atoms with van der Waals surface area (Å²) in [6.07, 6.45) is 1.72. The van der Waals surface area contributed by atoms with Gasteiger partial charge in [-0.05, 0) is 52.2 Å². The van der Waals surface area contributed by atoms with Crippen molar-refractivity contribution < 1.29 is 4.79 Å². The van der Waals surface area contributed by atoms with Crippen LogP contribution in [0.25, 0.3) is 21.5 Å². The molecule has 4 aromatic carbocycles. The van der Waals surface area contributed by atoms with Crippen molar-refractivity contribution in [2.24, 2.45) is 5.10 Å². The van der Waals surface area contributed by atoms with E-state index in [1.807, 2.05) is 49.4 Å². The summed E-state index contributed by atoms with van der Waals surface area (Å²) in [4.78, 5) is 12.2. The molecular formula is C24H20ClN3O. The molecule has 144 valence electrons. The molecule has 29 heavy (non-hydrogen) atoms. The minimum absolute atomic E-state index is 0.106. The number of hydrazone groups is 1. The zero-order valence-electron chi connectivity index (χ0n) is 15.9. The van der Waals surface area contributed by atoms with Crippen LogP contribution >= 0.6 is 11.6 Å². The number of nitrogens with one attached hydrogen (secondary N) is 2. The molecule has 4 nitrogen and oxygen atoms in total. The molecule has 0 saturated heterocycles. The normalized spacial score (nSPS) is 11.2. The summed E-state index contributed by atoms with van der Waals surface area (Å²) >= 11 is 6.11. The largest absolute Gasteiger partial charge is 0.376 e. The second kappa shape index (κ2) is 8.33. The van der Waals surface area contributed by atoms with E-state index in [1.165, 1.54) is 0 Å². The van der Waals surface area contributed by atoms with Gasteiger partial charge in [-0.15, -0.1) is 0 Å². The van der Waals surface area contributed by atoms with Gasteiger partial charge in [-0.2, -0.15) is 5.10 Å². The molecule has 0 fully saturated rings. The molecular weight excluding hydrogens is 382 g/mol. The van der Waals surface area contributed by atoms with Crippen molar-refractivity contribution in [1.82, 2.24) is 5.43 Å². The molecule has 2 N–H and O–H groups in total. The Morgan fingerprint density at radius 3 is 2.31 bits per heavy atom. The maximum absolute atomic E-state index is 12.2. The first-order valence-corrected chi connectivity index (χ1v) is 9.72. The van der Waals surface area contributed by atoms with Crippen LogP contribution in [0.3, 0.4) is 0 Å². The van der Waals surface area contributed by atoms with E-state index in [0.717, 1.165) is 38.4 Å². The van der Waals surface area contributed by atoms with E-state index in [4.69, 9.17) is 11.6 Å². The fourth-order valence-corrected chi connectivity index (χ4v) is 3.55. The average molecular weight is 402 g/mol. The Bertz CT molecular complexity index is 1180. The van der Waals surface area contributed by atoms with Gasteiger partial charge in [-0.25, -0.2) is 5.43 Å². The number of rotatable bonds is 5. The van der Waals surface area contributed by atoms with E-state index in [1.54, 1.807) is 6.21 Å². The molecule has 5 heteroatoms. The third-order valence-corrected chi connectivity index (χ3v) is 5.31. The summed E-state index contributed by atoms with van der Waals surface area (Å²) in [6.45, 7) is 2.02. The first-order valence-electron chi connectivity index (χ1n) is 9.35. The van der Waals surface area contributed by atoms with Crippen molar-refractivity contribution >= 4 is 51.0 Å². The van der Waals surface area contributed by atoms with Gasteiger partial charge in [0, 0.05) is 16.3 Å². The second-order valence-corrected chi connectivity index (χ2v) is 7.20. The summed E-state index contributed by atoms with van der Waals surface area (Å²) in [6, 6.07) is 24.0. The molecule has 0 bridgehead atoms. The molecule has 0 aromatic heterocycles. The van der Waals surface area contributed by atoms with E-state index >= 15 is 0 Å². The molecule has 0 aliphatic carbocycles. The number of anilines is 1. The fourth-order valence-electron chi connectivity index (χ4n) is 3.37. The first kappa shape index (κ1) is 19.0. The third kappa shape index (κ3) is 4.08. The molecule has 4 aromatic rings. The number of fused-ring (bicyclic) bond motifs is 2. The van der Waals surface area contributed by atoms with Crippen LogP contribution < -0.4 is 10.7 Å². The lowest BCUT2D eigenvalue weighted by Crippen LogP contribution is -2.26. The maximum atomic E-state index is 12.2. The Morgan fingerprint density at radius 1 is 0.966 bits per heavy atom. The minimum Gasteiger partial charge on any atom is -0.376 e. The Hall–Kier alpha value is -3.37. The third-order valence-electron chi connectivity index (χ3n) is 4.90. The molecule has 4 rings (SSSR count). The molecule has 1 amide bonds. The number of nitrogens with zero attached hydrogens (tertiary/aromatic N) is 1. The van der Waals surface area contributed by atoms with E-state index in [-0.39, 0.29) is 12.5 Å². The van der Waals surface area contributed by atoms with Crippen LogP contribution in [0, 0.1) is 6.92 Å². The van der Waals surface area contributed by atoms with Gasteiger partial charge in [0.2, 0.25) is 0 Å². The van der Waals surface area contributed by atoms with Crippen LogP contribution in [0.1, 0.15) is 11.1 Å². The zero-order chi connectivity index (χ0) is 20.2. The quantitative estimate of drug-likeness (QED) is 0.263. The van der Waals surface area contributed by atoms with E-state index in [9.17, 15) is 4.79 Å². The fraction of sp³-hybridized carbons (Fsp3) is 0.0833. The van der Waals surface area contributed by atoms with E-state index < -0.39 is 0 Å². The van der Waals surface area contributed by atoms with Gasteiger partial charge in [0.05, 0.1) is 12.8 Å². The predicted molar refractivity (Wildman–Crippen MR) is 122 cm³/mol. The van der Waals surface area contributed by atoms with Crippen molar-refractivity contribution in [2.75, 3.05) is 11.9 Å². The highest BCUT2D eigenvalue weighted by Gasteiger charge is 2.07. The van der Waals surface area contributed by atoms with Crippen LogP contribution in [0.4, 0.5) is 5.69 Å². The number of hydrogen-bond donors (Lipinski definition) is 2. The molecule has 0 aliphatic rings. The lowest BCUT2D eigenvalue weighted by Gasteiger charge is -2.10. The summed E-state index contributed by atoms with van der Waals surface area (Å²) < 4.78 is 0. The van der Waals surface area contributed by atoms with Crippen LogP contribution in [-0.2, 0) is 4.79 Å². The number of amides is 1. The lowest BCUT2D eigenvalue weighted by atomic mass is 9.97. The standard InChI is InChI=1S/C24H20ClN3O/c1-16-22(25)11-6-12-23(16)26-15-24(29)28-27-14-21-19-9-4-2-7-17(19)13-18-8-3-5-10-20(18)21/h2-14,26H,15H2,1H3,(H,28,29). The first-order chi connectivity index (χ1) is 14.1. The molecule has 0 spiro atoms. The lowest BCUT2D eigenvalue weighted by molar-refractivity contribution is -0.119. The van der Waals surface area contributed by atoms with Crippen LogP contribution in [-0.4, -0.2) is 18.7 Å². The molecule has 0 unspecified atom stereocenters. The van der Waals surface area contributed by atoms with Crippen molar-refractivity contribution in [3.05, 3.63) is 88.9 Å². The minimum atomic E-state index is -0.231. The maximum Gasteiger partial charge on any atom is 0.259 e. The highest BCUT2D eigenvalue weighted by Crippen LogP contribution is 2.27. The van der Waals surface area contributed by atoms with Crippen molar-refractivity contribution in [3.8, 4) is 0 Å². The van der Waals surface area contributed by atoms with E-state index in [0.29, 0.717) is 5.02 Å². The highest BCUT2D eigenvalue weighted by atomic mass is 35.5. The van der Waals surface area contributed by atoms with Gasteiger partial charge >= 0.3 is 0 Å². The highest BCUT2D eigenvalue weighted by molar-refractivity contribution is 6.31. The van der Waals surface area contributed by atoms with Gasteiger partial charge in [0.15, 0.2) is 0 Å². The Morgan fingerprint density at radius 2 is 1.62 bits per heavy atom. The number of halogens is 1. The SMILES string of the molecule is Cc1c(Cl)cccc1NCC(=O)NN=Cc1c2ccccc2cc2ccccc12. The van der Waals surface area contributed by atoms with Gasteiger partial charge in [-0.1, -0.05) is 66.2 Å². The number of benzene rings is 4. The summed E-state index contributed by atoms with van der Waals surface area (Å²) in [5, 5.41) is 12.4. The number of hydrogen-bond acceptors (Lipinski definition) is 3. The Labute approximate surface area is 174 Å².